The lowest BCUT2D eigenvalue weighted by Crippen LogP contribution is -2.60. The Morgan fingerprint density at radius 1 is 1.25 bits per heavy atom. The summed E-state index contributed by atoms with van der Waals surface area (Å²) in [5, 5.41) is 10.5. The minimum Gasteiger partial charge on any atom is -0.458 e. The Kier molecular flexibility index (Phi) is 2.92. The van der Waals surface area contributed by atoms with Gasteiger partial charge in [-0.1, -0.05) is 0 Å². The molecule has 6 heteroatoms. The van der Waals surface area contributed by atoms with E-state index < -0.39 is 29.3 Å². The third-order valence-electron chi connectivity index (χ3n) is 5.14. The number of hydrogen-bond donors (Lipinski definition) is 1. The maximum atomic E-state index is 12.6. The van der Waals surface area contributed by atoms with Gasteiger partial charge >= 0.3 is 12.1 Å². The van der Waals surface area contributed by atoms with Crippen LogP contribution in [0.2, 0.25) is 0 Å². The number of alkyl halides is 3. The van der Waals surface area contributed by atoms with Crippen LogP contribution in [0.4, 0.5) is 13.2 Å². The number of hydrogen-bond acceptors (Lipinski definition) is 3. The van der Waals surface area contributed by atoms with E-state index in [1.807, 2.05) is 0 Å². The zero-order chi connectivity index (χ0) is 14.8. The smallest absolute Gasteiger partial charge is 0.401 e. The van der Waals surface area contributed by atoms with Gasteiger partial charge in [-0.25, -0.2) is 0 Å². The van der Waals surface area contributed by atoms with Crippen molar-refractivity contribution >= 4 is 5.97 Å². The number of ether oxygens (including phenoxy) is 1. The number of carbonyl (C=O) groups excluding carboxylic acids is 1. The Balaban J connectivity index is 1.76. The van der Waals surface area contributed by atoms with Crippen molar-refractivity contribution in [2.45, 2.75) is 62.8 Å². The van der Waals surface area contributed by atoms with E-state index in [9.17, 15) is 23.1 Å². The summed E-state index contributed by atoms with van der Waals surface area (Å²) in [6.45, 7) is 0.831. The summed E-state index contributed by atoms with van der Waals surface area (Å²) >= 11 is 0. The molecule has 20 heavy (non-hydrogen) atoms. The average molecular weight is 292 g/mol. The molecule has 114 valence electrons. The van der Waals surface area contributed by atoms with Gasteiger partial charge in [-0.05, 0) is 50.9 Å². The number of carbonyl (C=O) groups is 1. The maximum Gasteiger partial charge on any atom is 0.401 e. The van der Waals surface area contributed by atoms with Crippen LogP contribution in [-0.2, 0) is 9.53 Å². The molecular weight excluding hydrogens is 273 g/mol. The van der Waals surface area contributed by atoms with E-state index in [4.69, 9.17) is 4.74 Å². The zero-order valence-corrected chi connectivity index (χ0v) is 11.4. The molecule has 4 aliphatic rings. The maximum absolute atomic E-state index is 12.6. The Hall–Kier alpha value is -0.780. The van der Waals surface area contributed by atoms with Gasteiger partial charge in [0.2, 0.25) is 0 Å². The molecule has 0 radical (unpaired) electrons. The van der Waals surface area contributed by atoms with Crippen LogP contribution in [-0.4, -0.2) is 28.5 Å². The lowest BCUT2D eigenvalue weighted by atomic mass is 9.52. The van der Waals surface area contributed by atoms with Crippen molar-refractivity contribution in [3.8, 4) is 0 Å². The summed E-state index contributed by atoms with van der Waals surface area (Å²) in [5.74, 6) is -2.77. The van der Waals surface area contributed by atoms with Crippen molar-refractivity contribution in [2.75, 3.05) is 0 Å². The lowest BCUT2D eigenvalue weighted by Gasteiger charge is -2.59. The van der Waals surface area contributed by atoms with Gasteiger partial charge in [0.25, 0.3) is 0 Å². The normalized spacial score (nSPS) is 44.5. The summed E-state index contributed by atoms with van der Waals surface area (Å²) in [7, 11) is 0. The van der Waals surface area contributed by atoms with Crippen LogP contribution in [0.25, 0.3) is 0 Å². The predicted octanol–water partition coefficient (Wildman–Crippen LogP) is 2.81. The Morgan fingerprint density at radius 2 is 1.80 bits per heavy atom. The van der Waals surface area contributed by atoms with Crippen LogP contribution < -0.4 is 0 Å². The van der Waals surface area contributed by atoms with E-state index in [1.54, 1.807) is 0 Å². The fourth-order valence-electron chi connectivity index (χ4n) is 4.69. The second kappa shape index (κ2) is 4.12. The van der Waals surface area contributed by atoms with E-state index in [1.165, 1.54) is 0 Å². The van der Waals surface area contributed by atoms with Gasteiger partial charge in [0.1, 0.15) is 11.5 Å². The molecule has 0 aromatic carbocycles. The van der Waals surface area contributed by atoms with Crippen molar-refractivity contribution in [3.63, 3.8) is 0 Å². The van der Waals surface area contributed by atoms with Crippen LogP contribution in [0.5, 0.6) is 0 Å². The standard InChI is InChI=1S/C14H19F3O3/c1-8(14(15,16)17)11(18)20-13-5-9-2-10(6-13)4-12(19,3-9)7-13/h8-10,19H,2-7H2,1H3. The van der Waals surface area contributed by atoms with Gasteiger partial charge in [-0.15, -0.1) is 0 Å². The van der Waals surface area contributed by atoms with Crippen molar-refractivity contribution in [2.24, 2.45) is 17.8 Å². The third kappa shape index (κ3) is 2.32. The van der Waals surface area contributed by atoms with Gasteiger partial charge in [0, 0.05) is 6.42 Å². The molecule has 4 aliphatic carbocycles. The summed E-state index contributed by atoms with van der Waals surface area (Å²) < 4.78 is 43.0. The van der Waals surface area contributed by atoms with Gasteiger partial charge in [-0.3, -0.25) is 4.79 Å². The van der Waals surface area contributed by atoms with Crippen LogP contribution in [0.3, 0.4) is 0 Å². The minimum absolute atomic E-state index is 0.273. The molecular formula is C14H19F3O3. The molecule has 4 fully saturated rings. The van der Waals surface area contributed by atoms with Crippen LogP contribution in [0.15, 0.2) is 0 Å². The van der Waals surface area contributed by atoms with E-state index in [2.05, 4.69) is 0 Å². The van der Waals surface area contributed by atoms with Crippen LogP contribution in [0, 0.1) is 17.8 Å². The van der Waals surface area contributed by atoms with E-state index in [0.717, 1.165) is 13.3 Å². The number of aliphatic hydroxyl groups is 1. The molecule has 0 amide bonds. The second-order valence-electron chi connectivity index (χ2n) is 7.05. The van der Waals surface area contributed by atoms with Crippen molar-refractivity contribution in [3.05, 3.63) is 0 Å². The van der Waals surface area contributed by atoms with Crippen molar-refractivity contribution < 1.29 is 27.8 Å². The molecule has 1 N–H and O–H groups in total. The first-order chi connectivity index (χ1) is 9.11. The summed E-state index contributed by atoms with van der Waals surface area (Å²) in [6.07, 6.45) is -0.699. The molecule has 0 saturated heterocycles. The molecule has 0 aromatic heterocycles. The highest BCUT2D eigenvalue weighted by Crippen LogP contribution is 2.59. The van der Waals surface area contributed by atoms with Crippen molar-refractivity contribution in [1.82, 2.24) is 0 Å². The number of halogens is 3. The molecule has 4 rings (SSSR count). The van der Waals surface area contributed by atoms with Crippen molar-refractivity contribution in [1.29, 1.82) is 0 Å². The Morgan fingerprint density at radius 3 is 2.25 bits per heavy atom. The van der Waals surface area contributed by atoms with Crippen LogP contribution >= 0.6 is 0 Å². The molecule has 4 saturated carbocycles. The van der Waals surface area contributed by atoms with Crippen LogP contribution in [0.1, 0.15) is 45.4 Å². The molecule has 0 aromatic rings. The first kappa shape index (κ1) is 14.2. The van der Waals surface area contributed by atoms with E-state index >= 15 is 0 Å². The largest absolute Gasteiger partial charge is 0.458 e. The van der Waals surface area contributed by atoms with Gasteiger partial charge in [-0.2, -0.15) is 13.2 Å². The highest BCUT2D eigenvalue weighted by molar-refractivity contribution is 5.73. The summed E-state index contributed by atoms with van der Waals surface area (Å²) in [4.78, 5) is 11.8. The molecule has 0 aliphatic heterocycles. The Bertz CT molecular complexity index is 418. The summed E-state index contributed by atoms with van der Waals surface area (Å²) in [6, 6.07) is 0. The third-order valence-corrected chi connectivity index (χ3v) is 5.14. The molecule has 3 unspecified atom stereocenters. The fourth-order valence-corrected chi connectivity index (χ4v) is 4.69. The molecule has 3 atom stereocenters. The monoisotopic (exact) mass is 292 g/mol. The zero-order valence-electron chi connectivity index (χ0n) is 11.4. The first-order valence-electron chi connectivity index (χ1n) is 7.13. The molecule has 0 heterocycles. The van der Waals surface area contributed by atoms with E-state index in [-0.39, 0.29) is 11.8 Å². The SMILES string of the molecule is CC(C(=O)OC12CC3CC(CC(O)(C3)C1)C2)C(F)(F)F. The first-order valence-corrected chi connectivity index (χ1v) is 7.13. The fraction of sp³-hybridized carbons (Fsp3) is 0.929. The van der Waals surface area contributed by atoms with E-state index in [0.29, 0.717) is 32.1 Å². The highest BCUT2D eigenvalue weighted by Gasteiger charge is 2.60. The molecule has 4 bridgehead atoms. The Labute approximate surface area is 115 Å². The number of rotatable bonds is 2. The summed E-state index contributed by atoms with van der Waals surface area (Å²) in [5.41, 5.74) is -1.71. The average Bonchev–Trinajstić information content (AvgIpc) is 2.22. The number of esters is 1. The van der Waals surface area contributed by atoms with Gasteiger partial charge in [0.05, 0.1) is 5.60 Å². The molecule has 0 spiro atoms. The van der Waals surface area contributed by atoms with Gasteiger partial charge < -0.3 is 9.84 Å². The molecule has 3 nitrogen and oxygen atoms in total. The van der Waals surface area contributed by atoms with Gasteiger partial charge in [0.15, 0.2) is 0 Å². The topological polar surface area (TPSA) is 46.5 Å². The lowest BCUT2D eigenvalue weighted by molar-refractivity contribution is -0.236. The predicted molar refractivity (Wildman–Crippen MR) is 63.7 cm³/mol. The highest BCUT2D eigenvalue weighted by atomic mass is 19.4. The second-order valence-corrected chi connectivity index (χ2v) is 7.05. The quantitative estimate of drug-likeness (QED) is 0.796. The minimum atomic E-state index is -4.57.